The zero-order chi connectivity index (χ0) is 12.9. The average molecular weight is 254 g/mol. The summed E-state index contributed by atoms with van der Waals surface area (Å²) in [5, 5.41) is 3.36. The number of rotatable bonds is 3. The van der Waals surface area contributed by atoms with Crippen LogP contribution in [0, 0.1) is 0 Å². The van der Waals surface area contributed by atoms with E-state index in [1.165, 1.54) is 0 Å². The summed E-state index contributed by atoms with van der Waals surface area (Å²) < 4.78 is 0. The van der Waals surface area contributed by atoms with Crippen LogP contribution in [0.1, 0.15) is 5.82 Å². The lowest BCUT2D eigenvalue weighted by molar-refractivity contribution is 0.228. The summed E-state index contributed by atoms with van der Waals surface area (Å²) in [6.07, 6.45) is 1.85. The minimum atomic E-state index is 0.836. The molecule has 1 aliphatic rings. The largest absolute Gasteiger partial charge is 0.314 e. The molecule has 1 aromatic carbocycles. The monoisotopic (exact) mass is 254 g/mol. The van der Waals surface area contributed by atoms with Crippen molar-refractivity contribution in [2.24, 2.45) is 0 Å². The Balaban J connectivity index is 1.76. The molecule has 0 bridgehead atoms. The SMILES string of the molecule is c1ccc(-c2ccnc(CN3CCNCC3)n2)cc1. The van der Waals surface area contributed by atoms with Crippen LogP contribution >= 0.6 is 0 Å². The molecule has 0 aliphatic carbocycles. The molecule has 4 heteroatoms. The van der Waals surface area contributed by atoms with Crippen molar-refractivity contribution in [2.45, 2.75) is 6.54 Å². The standard InChI is InChI=1S/C15H18N4/c1-2-4-13(5-3-1)14-6-7-17-15(18-14)12-19-10-8-16-9-11-19/h1-7,16H,8-12H2. The van der Waals surface area contributed by atoms with E-state index < -0.39 is 0 Å². The number of piperazine rings is 1. The second-order valence-corrected chi connectivity index (χ2v) is 4.75. The van der Waals surface area contributed by atoms with Crippen LogP contribution < -0.4 is 5.32 Å². The van der Waals surface area contributed by atoms with E-state index in [0.717, 1.165) is 49.8 Å². The molecule has 1 aliphatic heterocycles. The van der Waals surface area contributed by atoms with Gasteiger partial charge in [-0.15, -0.1) is 0 Å². The number of benzene rings is 1. The van der Waals surface area contributed by atoms with Gasteiger partial charge in [-0.3, -0.25) is 4.90 Å². The van der Waals surface area contributed by atoms with Gasteiger partial charge in [0.15, 0.2) is 0 Å². The second-order valence-electron chi connectivity index (χ2n) is 4.75. The summed E-state index contributed by atoms with van der Waals surface area (Å²) in [4.78, 5) is 11.4. The third-order valence-electron chi connectivity index (χ3n) is 3.35. The number of hydrogen-bond acceptors (Lipinski definition) is 4. The summed E-state index contributed by atoms with van der Waals surface area (Å²) in [5.41, 5.74) is 2.15. The smallest absolute Gasteiger partial charge is 0.142 e. The first-order valence-corrected chi connectivity index (χ1v) is 6.72. The minimum absolute atomic E-state index is 0.836. The fraction of sp³-hybridized carbons (Fsp3) is 0.333. The van der Waals surface area contributed by atoms with E-state index >= 15 is 0 Å². The van der Waals surface area contributed by atoms with Crippen LogP contribution in [0.25, 0.3) is 11.3 Å². The summed E-state index contributed by atoms with van der Waals surface area (Å²) in [7, 11) is 0. The Morgan fingerprint density at radius 3 is 2.63 bits per heavy atom. The third kappa shape index (κ3) is 3.16. The van der Waals surface area contributed by atoms with Gasteiger partial charge in [0, 0.05) is 37.9 Å². The maximum Gasteiger partial charge on any atom is 0.142 e. The summed E-state index contributed by atoms with van der Waals surface area (Å²) >= 11 is 0. The van der Waals surface area contributed by atoms with Gasteiger partial charge < -0.3 is 5.32 Å². The molecular formula is C15H18N4. The molecule has 0 spiro atoms. The fourth-order valence-electron chi connectivity index (χ4n) is 2.31. The lowest BCUT2D eigenvalue weighted by Gasteiger charge is -2.26. The Morgan fingerprint density at radius 1 is 1.05 bits per heavy atom. The van der Waals surface area contributed by atoms with Crippen molar-refractivity contribution in [2.75, 3.05) is 26.2 Å². The van der Waals surface area contributed by atoms with Gasteiger partial charge >= 0.3 is 0 Å². The average Bonchev–Trinajstić information content (AvgIpc) is 2.49. The van der Waals surface area contributed by atoms with Gasteiger partial charge in [0.05, 0.1) is 12.2 Å². The molecule has 1 N–H and O–H groups in total. The molecular weight excluding hydrogens is 236 g/mol. The molecule has 98 valence electrons. The molecule has 1 aromatic heterocycles. The Hall–Kier alpha value is -1.78. The van der Waals surface area contributed by atoms with E-state index in [-0.39, 0.29) is 0 Å². The highest BCUT2D eigenvalue weighted by molar-refractivity contribution is 5.58. The van der Waals surface area contributed by atoms with Gasteiger partial charge in [0.2, 0.25) is 0 Å². The number of nitrogens with one attached hydrogen (secondary N) is 1. The topological polar surface area (TPSA) is 41.1 Å². The first-order chi connectivity index (χ1) is 9.42. The van der Waals surface area contributed by atoms with Crippen LogP contribution in [-0.4, -0.2) is 41.0 Å². The fourth-order valence-corrected chi connectivity index (χ4v) is 2.31. The molecule has 0 unspecified atom stereocenters. The maximum absolute atomic E-state index is 4.66. The molecule has 4 nitrogen and oxygen atoms in total. The maximum atomic E-state index is 4.66. The predicted octanol–water partition coefficient (Wildman–Crippen LogP) is 1.55. The lowest BCUT2D eigenvalue weighted by atomic mass is 10.1. The first kappa shape index (κ1) is 12.3. The van der Waals surface area contributed by atoms with E-state index in [2.05, 4.69) is 32.3 Å². The predicted molar refractivity (Wildman–Crippen MR) is 75.6 cm³/mol. The van der Waals surface area contributed by atoms with Crippen molar-refractivity contribution in [3.05, 3.63) is 48.4 Å². The zero-order valence-electron chi connectivity index (χ0n) is 10.9. The van der Waals surface area contributed by atoms with Crippen molar-refractivity contribution in [1.29, 1.82) is 0 Å². The number of nitrogens with zero attached hydrogens (tertiary/aromatic N) is 3. The summed E-state index contributed by atoms with van der Waals surface area (Å²) in [6.45, 7) is 5.08. The van der Waals surface area contributed by atoms with Crippen LogP contribution in [0.4, 0.5) is 0 Å². The highest BCUT2D eigenvalue weighted by atomic mass is 15.2. The van der Waals surface area contributed by atoms with Crippen LogP contribution in [0.15, 0.2) is 42.6 Å². The van der Waals surface area contributed by atoms with Gasteiger partial charge in [-0.2, -0.15) is 0 Å². The summed E-state index contributed by atoms with van der Waals surface area (Å²) in [5.74, 6) is 0.906. The highest BCUT2D eigenvalue weighted by Crippen LogP contribution is 2.15. The van der Waals surface area contributed by atoms with E-state index in [1.807, 2.05) is 30.5 Å². The molecule has 0 saturated carbocycles. The Morgan fingerprint density at radius 2 is 1.84 bits per heavy atom. The van der Waals surface area contributed by atoms with Crippen LogP contribution in [0.3, 0.4) is 0 Å². The van der Waals surface area contributed by atoms with Gasteiger partial charge in [-0.1, -0.05) is 30.3 Å². The van der Waals surface area contributed by atoms with E-state index in [9.17, 15) is 0 Å². The molecule has 2 aromatic rings. The zero-order valence-corrected chi connectivity index (χ0v) is 10.9. The van der Waals surface area contributed by atoms with Crippen LogP contribution in [0.2, 0.25) is 0 Å². The minimum Gasteiger partial charge on any atom is -0.314 e. The molecule has 3 rings (SSSR count). The van der Waals surface area contributed by atoms with E-state index in [0.29, 0.717) is 0 Å². The van der Waals surface area contributed by atoms with Gasteiger partial charge in [-0.25, -0.2) is 9.97 Å². The van der Waals surface area contributed by atoms with Crippen LogP contribution in [0.5, 0.6) is 0 Å². The molecule has 1 saturated heterocycles. The quantitative estimate of drug-likeness (QED) is 0.902. The van der Waals surface area contributed by atoms with Crippen molar-refractivity contribution in [1.82, 2.24) is 20.2 Å². The van der Waals surface area contributed by atoms with Gasteiger partial charge in [-0.05, 0) is 6.07 Å². The van der Waals surface area contributed by atoms with Crippen molar-refractivity contribution < 1.29 is 0 Å². The van der Waals surface area contributed by atoms with E-state index in [4.69, 9.17) is 0 Å². The lowest BCUT2D eigenvalue weighted by Crippen LogP contribution is -2.43. The second kappa shape index (κ2) is 5.91. The highest BCUT2D eigenvalue weighted by Gasteiger charge is 2.11. The number of hydrogen-bond donors (Lipinski definition) is 1. The van der Waals surface area contributed by atoms with Crippen molar-refractivity contribution in [3.63, 3.8) is 0 Å². The molecule has 19 heavy (non-hydrogen) atoms. The molecule has 0 radical (unpaired) electrons. The normalized spacial score (nSPS) is 16.4. The first-order valence-electron chi connectivity index (χ1n) is 6.72. The summed E-state index contributed by atoms with van der Waals surface area (Å²) in [6, 6.07) is 12.2. The molecule has 1 fully saturated rings. The molecule has 0 amide bonds. The van der Waals surface area contributed by atoms with Crippen molar-refractivity contribution in [3.8, 4) is 11.3 Å². The van der Waals surface area contributed by atoms with Gasteiger partial charge in [0.1, 0.15) is 5.82 Å². The number of aromatic nitrogens is 2. The van der Waals surface area contributed by atoms with Crippen molar-refractivity contribution >= 4 is 0 Å². The Bertz CT molecular complexity index is 521. The Labute approximate surface area is 113 Å². The molecule has 0 atom stereocenters. The van der Waals surface area contributed by atoms with Gasteiger partial charge in [0.25, 0.3) is 0 Å². The molecule has 2 heterocycles. The third-order valence-corrected chi connectivity index (χ3v) is 3.35. The Kier molecular flexibility index (Phi) is 3.81. The van der Waals surface area contributed by atoms with E-state index in [1.54, 1.807) is 0 Å². The van der Waals surface area contributed by atoms with Crippen LogP contribution in [-0.2, 0) is 6.54 Å².